The van der Waals surface area contributed by atoms with Gasteiger partial charge >= 0.3 is 0 Å². The van der Waals surface area contributed by atoms with E-state index < -0.39 is 0 Å². The van der Waals surface area contributed by atoms with Crippen LogP contribution in [0, 0.1) is 19.8 Å². The summed E-state index contributed by atoms with van der Waals surface area (Å²) in [7, 11) is 3.52. The van der Waals surface area contributed by atoms with E-state index in [4.69, 9.17) is 4.74 Å². The quantitative estimate of drug-likeness (QED) is 0.697. The van der Waals surface area contributed by atoms with Crippen LogP contribution in [-0.4, -0.2) is 28.7 Å². The summed E-state index contributed by atoms with van der Waals surface area (Å²) in [6.45, 7) is 8.98. The van der Waals surface area contributed by atoms with Gasteiger partial charge in [-0.25, -0.2) is 0 Å². The number of aromatic nitrogens is 1. The van der Waals surface area contributed by atoms with Crippen molar-refractivity contribution in [3.8, 4) is 16.9 Å². The Labute approximate surface area is 179 Å². The van der Waals surface area contributed by atoms with Crippen molar-refractivity contribution >= 4 is 6.08 Å². The van der Waals surface area contributed by atoms with Crippen LogP contribution < -0.4 is 10.3 Å². The van der Waals surface area contributed by atoms with Crippen molar-refractivity contribution < 1.29 is 4.74 Å². The predicted molar refractivity (Wildman–Crippen MR) is 124 cm³/mol. The summed E-state index contributed by atoms with van der Waals surface area (Å²) in [6, 6.07) is 6.32. The van der Waals surface area contributed by atoms with Crippen molar-refractivity contribution in [3.63, 3.8) is 0 Å². The number of nitrogens with zero attached hydrogens (tertiary/aromatic N) is 2. The zero-order valence-corrected chi connectivity index (χ0v) is 18.6. The summed E-state index contributed by atoms with van der Waals surface area (Å²) >= 11 is 0. The molecular formula is C26H32N2O2. The van der Waals surface area contributed by atoms with Crippen LogP contribution in [0.1, 0.15) is 42.4 Å². The minimum Gasteiger partial charge on any atom is -0.496 e. The second-order valence-corrected chi connectivity index (χ2v) is 8.88. The number of allylic oxidation sites excluding steroid dienone is 1. The summed E-state index contributed by atoms with van der Waals surface area (Å²) in [5.41, 5.74) is 5.47. The average molecular weight is 405 g/mol. The molecule has 2 aliphatic rings. The van der Waals surface area contributed by atoms with E-state index in [2.05, 4.69) is 41.8 Å². The molecule has 1 saturated carbocycles. The Balaban J connectivity index is 1.59. The Bertz CT molecular complexity index is 1060. The highest BCUT2D eigenvalue weighted by Gasteiger charge is 2.49. The number of methoxy groups -OCH3 is 1. The van der Waals surface area contributed by atoms with Crippen LogP contribution in [0.5, 0.6) is 5.75 Å². The maximum Gasteiger partial charge on any atom is 0.253 e. The first-order valence-electron chi connectivity index (χ1n) is 10.8. The van der Waals surface area contributed by atoms with Crippen molar-refractivity contribution in [1.29, 1.82) is 0 Å². The highest BCUT2D eigenvalue weighted by atomic mass is 16.5. The third-order valence-electron chi connectivity index (χ3n) is 7.06. The van der Waals surface area contributed by atoms with E-state index in [-0.39, 0.29) is 5.56 Å². The van der Waals surface area contributed by atoms with Gasteiger partial charge in [0.25, 0.3) is 5.56 Å². The smallest absolute Gasteiger partial charge is 0.253 e. The largest absolute Gasteiger partial charge is 0.496 e. The van der Waals surface area contributed by atoms with Crippen LogP contribution in [0.4, 0.5) is 0 Å². The van der Waals surface area contributed by atoms with Crippen LogP contribution in [-0.2, 0) is 7.05 Å². The first-order chi connectivity index (χ1) is 14.4. The summed E-state index contributed by atoms with van der Waals surface area (Å²) in [6.07, 6.45) is 13.5. The molecule has 30 heavy (non-hydrogen) atoms. The fourth-order valence-corrected chi connectivity index (χ4v) is 4.86. The molecule has 158 valence electrons. The monoisotopic (exact) mass is 404 g/mol. The number of hydrogen-bond acceptors (Lipinski definition) is 3. The Kier molecular flexibility index (Phi) is 5.35. The van der Waals surface area contributed by atoms with E-state index in [0.717, 1.165) is 40.1 Å². The van der Waals surface area contributed by atoms with Gasteiger partial charge in [-0.05, 0) is 68.8 Å². The SMILES string of the molecule is C=CN1CCC(/C=C/c2ccc(-c3cn(C)c(=O)c(C)c3C)cc2OC)CC12CC2. The number of pyridine rings is 1. The molecular weight excluding hydrogens is 372 g/mol. The molecule has 2 fully saturated rings. The molecule has 2 aromatic rings. The molecule has 1 aromatic heterocycles. The molecule has 1 unspecified atom stereocenters. The summed E-state index contributed by atoms with van der Waals surface area (Å²) in [5, 5.41) is 0. The maximum absolute atomic E-state index is 12.2. The van der Waals surface area contributed by atoms with Gasteiger partial charge in [0.1, 0.15) is 5.75 Å². The molecule has 2 heterocycles. The lowest BCUT2D eigenvalue weighted by Crippen LogP contribution is -2.40. The van der Waals surface area contributed by atoms with E-state index in [1.165, 1.54) is 25.7 Å². The van der Waals surface area contributed by atoms with Gasteiger partial charge in [0, 0.05) is 42.0 Å². The van der Waals surface area contributed by atoms with Gasteiger partial charge < -0.3 is 14.2 Å². The van der Waals surface area contributed by atoms with Gasteiger partial charge in [0.2, 0.25) is 0 Å². The van der Waals surface area contributed by atoms with Crippen LogP contribution in [0.25, 0.3) is 17.2 Å². The van der Waals surface area contributed by atoms with Gasteiger partial charge in [0.15, 0.2) is 0 Å². The van der Waals surface area contributed by atoms with Gasteiger partial charge in [0.05, 0.1) is 7.11 Å². The molecule has 1 aromatic carbocycles. The Morgan fingerprint density at radius 2 is 2.00 bits per heavy atom. The molecule has 1 spiro atoms. The lowest BCUT2D eigenvalue weighted by molar-refractivity contribution is 0.165. The fraction of sp³-hybridized carbons (Fsp3) is 0.423. The second-order valence-electron chi connectivity index (χ2n) is 8.88. The van der Waals surface area contributed by atoms with Crippen LogP contribution >= 0.6 is 0 Å². The van der Waals surface area contributed by atoms with Crippen molar-refractivity contribution in [3.05, 3.63) is 70.3 Å². The highest BCUT2D eigenvalue weighted by Crippen LogP contribution is 2.50. The van der Waals surface area contributed by atoms with Crippen LogP contribution in [0.2, 0.25) is 0 Å². The van der Waals surface area contributed by atoms with Crippen LogP contribution in [0.15, 0.2) is 48.0 Å². The zero-order valence-electron chi connectivity index (χ0n) is 18.6. The van der Waals surface area contributed by atoms with Gasteiger partial charge in [-0.1, -0.05) is 30.9 Å². The van der Waals surface area contributed by atoms with Crippen molar-refractivity contribution in [1.82, 2.24) is 9.47 Å². The molecule has 4 nitrogen and oxygen atoms in total. The standard InChI is InChI=1S/C26H32N2O2/c1-6-28-14-11-20(16-26(28)12-13-26)7-8-21-9-10-22(15-24(21)30-5)23-17-27(4)25(29)19(3)18(23)2/h6-10,15,17,20H,1,11-14,16H2,2-5H3/b8-7+. The fourth-order valence-electron chi connectivity index (χ4n) is 4.86. The molecule has 0 radical (unpaired) electrons. The van der Waals surface area contributed by atoms with E-state index in [9.17, 15) is 4.79 Å². The number of benzene rings is 1. The molecule has 4 rings (SSSR count). The van der Waals surface area contributed by atoms with E-state index >= 15 is 0 Å². The van der Waals surface area contributed by atoms with E-state index in [1.54, 1.807) is 18.7 Å². The molecule has 1 saturated heterocycles. The van der Waals surface area contributed by atoms with E-state index in [1.807, 2.05) is 26.2 Å². The lowest BCUT2D eigenvalue weighted by atomic mass is 9.88. The molecule has 1 atom stereocenters. The van der Waals surface area contributed by atoms with Crippen molar-refractivity contribution in [2.75, 3.05) is 13.7 Å². The average Bonchev–Trinajstić information content (AvgIpc) is 3.52. The summed E-state index contributed by atoms with van der Waals surface area (Å²) < 4.78 is 7.37. The Morgan fingerprint density at radius 3 is 2.67 bits per heavy atom. The van der Waals surface area contributed by atoms with E-state index in [0.29, 0.717) is 11.5 Å². The maximum atomic E-state index is 12.2. The van der Waals surface area contributed by atoms with Crippen molar-refractivity contribution in [2.45, 2.75) is 45.1 Å². The number of rotatable bonds is 5. The second kappa shape index (κ2) is 7.82. The topological polar surface area (TPSA) is 34.5 Å². The minimum atomic E-state index is 0.0544. The molecule has 4 heteroatoms. The molecule has 1 aliphatic heterocycles. The number of likely N-dealkylation sites (tertiary alicyclic amines) is 1. The highest BCUT2D eigenvalue weighted by molar-refractivity contribution is 5.72. The molecule has 1 aliphatic carbocycles. The third-order valence-corrected chi connectivity index (χ3v) is 7.06. The summed E-state index contributed by atoms with van der Waals surface area (Å²) in [4.78, 5) is 14.6. The third kappa shape index (κ3) is 3.60. The zero-order chi connectivity index (χ0) is 21.5. The van der Waals surface area contributed by atoms with Gasteiger partial charge in [-0.15, -0.1) is 0 Å². The van der Waals surface area contributed by atoms with Gasteiger partial charge in [-0.2, -0.15) is 0 Å². The number of piperidine rings is 1. The molecule has 0 N–H and O–H groups in total. The van der Waals surface area contributed by atoms with Gasteiger partial charge in [-0.3, -0.25) is 4.79 Å². The number of aryl methyl sites for hydroxylation is 1. The molecule has 0 amide bonds. The first-order valence-corrected chi connectivity index (χ1v) is 10.8. The minimum absolute atomic E-state index is 0.0544. The predicted octanol–water partition coefficient (Wildman–Crippen LogP) is 5.08. The summed E-state index contributed by atoms with van der Waals surface area (Å²) in [5.74, 6) is 1.46. The van der Waals surface area contributed by atoms with Crippen LogP contribution in [0.3, 0.4) is 0 Å². The Hall–Kier alpha value is -2.75. The first kappa shape index (κ1) is 20.5. The van der Waals surface area contributed by atoms with Crippen molar-refractivity contribution in [2.24, 2.45) is 13.0 Å². The normalized spacial score (nSPS) is 20.0. The number of hydrogen-bond donors (Lipinski definition) is 0. The number of ether oxygens (including phenoxy) is 1. The Morgan fingerprint density at radius 1 is 1.23 bits per heavy atom. The lowest BCUT2D eigenvalue weighted by Gasteiger charge is -2.38. The molecule has 0 bridgehead atoms.